The fraction of sp³-hybridized carbons (Fsp3) is 0.506. The number of amides is 1. The van der Waals surface area contributed by atoms with Gasteiger partial charge in [0.25, 0.3) is 11.7 Å². The highest BCUT2D eigenvalue weighted by Crippen LogP contribution is 2.41. The lowest BCUT2D eigenvalue weighted by Crippen LogP contribution is -2.60. The molecule has 3 N–H and O–H groups in total. The maximum Gasteiger partial charge on any atom is 0.334 e. The van der Waals surface area contributed by atoms with Crippen molar-refractivity contribution in [2.45, 2.75) is 199 Å². The molecule has 6 aromatic rings. The summed E-state index contributed by atoms with van der Waals surface area (Å²) < 4.78 is 27.7. The molecule has 6 heterocycles. The fourth-order valence-electron chi connectivity index (χ4n) is 15.1. The van der Waals surface area contributed by atoms with Gasteiger partial charge in [0, 0.05) is 67.5 Å². The Hall–Kier alpha value is -8.09. The van der Waals surface area contributed by atoms with Crippen LogP contribution in [-0.2, 0) is 48.3 Å². The number of rotatable bonds is 9. The lowest BCUT2D eigenvalue weighted by Gasteiger charge is -2.43. The molecule has 15 atom stereocenters. The number of pyridine rings is 2. The molecule has 0 spiro atoms. The van der Waals surface area contributed by atoms with E-state index in [-0.39, 0.29) is 55.6 Å². The number of carbonyl (C=O) groups excluding carboxylic acids is 5. The van der Waals surface area contributed by atoms with Gasteiger partial charge < -0.3 is 39.2 Å². The number of piperidine rings is 1. The summed E-state index contributed by atoms with van der Waals surface area (Å²) in [5.74, 6) is -9.15. The number of hydrogen-bond donors (Lipinski definition) is 3. The van der Waals surface area contributed by atoms with E-state index < -0.39 is 107 Å². The Kier molecular flexibility index (Phi) is 23.0. The Balaban J connectivity index is 1.07. The van der Waals surface area contributed by atoms with Crippen molar-refractivity contribution in [3.05, 3.63) is 149 Å². The third-order valence-corrected chi connectivity index (χ3v) is 21.3. The number of nitrogens with zero attached hydrogens (tertiary/aromatic N) is 6. The number of allylic oxidation sites excluding steroid dienone is 7. The summed E-state index contributed by atoms with van der Waals surface area (Å²) in [5.41, 5.74) is 5.18. The molecule has 10 rings (SSSR count). The zero-order valence-electron chi connectivity index (χ0n) is 58.4. The first-order valence-electron chi connectivity index (χ1n) is 34.8. The Morgan fingerprint density at radius 3 is 2.28 bits per heavy atom. The monoisotopic (exact) mass is 1340 g/mol. The van der Waals surface area contributed by atoms with Gasteiger partial charge in [0.1, 0.15) is 30.1 Å². The Morgan fingerprint density at radius 2 is 1.54 bits per heavy atom. The van der Waals surface area contributed by atoms with Gasteiger partial charge in [-0.05, 0) is 169 Å². The van der Waals surface area contributed by atoms with E-state index in [9.17, 15) is 35.0 Å². The maximum absolute atomic E-state index is 16.1. The second-order valence-corrected chi connectivity index (χ2v) is 28.8. The zero-order valence-corrected chi connectivity index (χ0v) is 58.4. The van der Waals surface area contributed by atoms with E-state index in [1.54, 1.807) is 56.2 Å². The Labute approximate surface area is 574 Å². The number of aliphatic hydroxyl groups excluding tert-OH is 2. The number of esters is 1. The van der Waals surface area contributed by atoms with Crippen LogP contribution in [0.5, 0.6) is 0 Å². The van der Waals surface area contributed by atoms with Crippen LogP contribution >= 0.6 is 0 Å². The van der Waals surface area contributed by atoms with Gasteiger partial charge in [0.05, 0.1) is 69.8 Å². The highest BCUT2D eigenvalue weighted by Gasteiger charge is 2.53. The summed E-state index contributed by atoms with van der Waals surface area (Å²) >= 11 is 0. The fourth-order valence-corrected chi connectivity index (χ4v) is 15.1. The number of fused-ring (bicyclic) bond motifs is 7. The number of benzene rings is 3. The molecule has 19 nitrogen and oxygen atoms in total. The van der Waals surface area contributed by atoms with Crippen LogP contribution in [0.2, 0.25) is 0 Å². The number of hydrogen-bond acceptors (Lipinski definition) is 16. The Morgan fingerprint density at radius 1 is 0.796 bits per heavy atom. The number of carbonyl (C=O) groups is 5. The summed E-state index contributed by atoms with van der Waals surface area (Å²) in [6.45, 7) is 16.2. The zero-order chi connectivity index (χ0) is 70.5. The molecule has 3 fully saturated rings. The van der Waals surface area contributed by atoms with Gasteiger partial charge in [-0.25, -0.2) is 9.59 Å². The lowest BCUT2D eigenvalue weighted by atomic mass is 9.78. The molecule has 1 unspecified atom stereocenters. The van der Waals surface area contributed by atoms with Crippen molar-refractivity contribution in [3.63, 3.8) is 0 Å². The average molecular weight is 1340 g/mol. The molecule has 520 valence electrons. The minimum absolute atomic E-state index is 0.00377. The molecule has 3 aromatic carbocycles. The van der Waals surface area contributed by atoms with Crippen molar-refractivity contribution in [3.8, 4) is 22.9 Å². The van der Waals surface area contributed by atoms with Crippen LogP contribution in [0.15, 0.2) is 138 Å². The van der Waals surface area contributed by atoms with E-state index in [1.165, 1.54) is 12.0 Å². The van der Waals surface area contributed by atoms with Crippen LogP contribution in [0.3, 0.4) is 0 Å². The van der Waals surface area contributed by atoms with Crippen molar-refractivity contribution in [1.82, 2.24) is 24.0 Å². The summed E-state index contributed by atoms with van der Waals surface area (Å²) in [6, 6.07) is 23.5. The number of para-hydroxylation sites is 1. The molecule has 1 amide bonds. The molecule has 3 aliphatic heterocycles. The molecule has 4 aliphatic rings. The predicted octanol–water partition coefficient (Wildman–Crippen LogP) is 12.1. The first-order valence-corrected chi connectivity index (χ1v) is 34.8. The second-order valence-electron chi connectivity index (χ2n) is 28.8. The van der Waals surface area contributed by atoms with Gasteiger partial charge in [-0.15, -0.1) is 0 Å². The first-order chi connectivity index (χ1) is 46.8. The molecule has 2 saturated heterocycles. The van der Waals surface area contributed by atoms with Gasteiger partial charge in [-0.2, -0.15) is 5.26 Å². The summed E-state index contributed by atoms with van der Waals surface area (Å²) in [4.78, 5) is 101. The smallest absolute Gasteiger partial charge is 0.334 e. The van der Waals surface area contributed by atoms with E-state index in [2.05, 4.69) is 12.1 Å². The van der Waals surface area contributed by atoms with Crippen LogP contribution in [-0.4, -0.2) is 138 Å². The molecule has 0 radical (unpaired) electrons. The number of aliphatic hydroxyl groups is 3. The van der Waals surface area contributed by atoms with Crippen LogP contribution < -0.4 is 5.69 Å². The van der Waals surface area contributed by atoms with Crippen LogP contribution in [0, 0.1) is 46.8 Å². The van der Waals surface area contributed by atoms with E-state index >= 15 is 14.4 Å². The summed E-state index contributed by atoms with van der Waals surface area (Å²) in [5, 5.41) is 47.0. The van der Waals surface area contributed by atoms with Crippen molar-refractivity contribution in [1.29, 1.82) is 5.26 Å². The predicted molar refractivity (Wildman–Crippen MR) is 376 cm³/mol. The third-order valence-electron chi connectivity index (χ3n) is 21.3. The SMILES string of the molecule is CO[C@@H]1C[C@@H](CC(C)[C@@H]2CC(=O)[C@H](C)/C=C(\C)[C@@H](O)[C@@H](OC)C(=O)[C@H](C)C[C@H](C)/C=C/C=C/C=C(/C)[C@@H](n3c(=O)n(-c4ccc(C(C)(C)C#N)cc4)c4c5cc(-c6cnc7ccccc7c6)ccc5ncc43)C[C@@H]3CC[C@@H](C)[C@@](O)(O3)C(=O)C(=O)N3CCCC[C@H]3C(=O)O2)CC[C@H]1O. The normalized spacial score (nSPS) is 31.0. The molecule has 19 heteroatoms. The van der Waals surface area contributed by atoms with Gasteiger partial charge >= 0.3 is 11.7 Å². The Bertz CT molecular complexity index is 4180. The minimum atomic E-state index is -2.67. The molecule has 1 saturated carbocycles. The van der Waals surface area contributed by atoms with Crippen LogP contribution in [0.1, 0.15) is 151 Å². The van der Waals surface area contributed by atoms with Crippen molar-refractivity contribution >= 4 is 62.1 Å². The van der Waals surface area contributed by atoms with Crippen molar-refractivity contribution < 1.29 is 58.2 Å². The summed E-state index contributed by atoms with van der Waals surface area (Å²) in [6.07, 6.45) is 13.1. The van der Waals surface area contributed by atoms with Gasteiger partial charge in [-0.1, -0.05) is 113 Å². The number of methoxy groups -OCH3 is 2. The highest BCUT2D eigenvalue weighted by molar-refractivity contribution is 6.39. The topological polar surface area (TPSA) is 263 Å². The third kappa shape index (κ3) is 15.5. The maximum atomic E-state index is 16.1. The number of aromatic nitrogens is 4. The van der Waals surface area contributed by atoms with Crippen LogP contribution in [0.25, 0.3) is 49.7 Å². The quantitative estimate of drug-likeness (QED) is 0.0690. The summed E-state index contributed by atoms with van der Waals surface area (Å²) in [7, 11) is 2.92. The molecule has 1 aliphatic carbocycles. The lowest BCUT2D eigenvalue weighted by molar-refractivity contribution is -0.264. The van der Waals surface area contributed by atoms with Crippen molar-refractivity contribution in [2.75, 3.05) is 20.8 Å². The first kappa shape index (κ1) is 72.6. The number of nitriles is 1. The highest BCUT2D eigenvalue weighted by atomic mass is 16.6. The number of ketones is 3. The number of Topliss-reactive ketones (excluding diaryl/α,β-unsaturated/α-hetero) is 3. The molecular weight excluding hydrogens is 1240 g/mol. The molecular formula is C79H96N6O13. The largest absolute Gasteiger partial charge is 0.460 e. The molecule has 3 aromatic heterocycles. The number of ether oxygens (including phenoxy) is 4. The van der Waals surface area contributed by atoms with Crippen LogP contribution in [0.4, 0.5) is 0 Å². The van der Waals surface area contributed by atoms with E-state index in [0.29, 0.717) is 90.1 Å². The molecule has 98 heavy (non-hydrogen) atoms. The van der Waals surface area contributed by atoms with Gasteiger partial charge in [0.2, 0.25) is 5.79 Å². The van der Waals surface area contributed by atoms with E-state index in [1.807, 2.05) is 138 Å². The van der Waals surface area contributed by atoms with Gasteiger partial charge in [-0.3, -0.25) is 38.3 Å². The standard InChI is InChI=1S/C79H96N6O13/c1-46-19-13-12-14-20-47(2)64(85-65-44-82-62-32-26-54(56-39-55-21-15-16-22-61(55)81-43-56)40-60(62)70(65)84(77(85)93)58-29-27-57(28-30-58)78(8,9)45-80)41-59-31-24-52(7)79(94,98-59)74(90)75(91)83-34-18-17-23-63(83)76(92)97-68(49(4)37-53-25-33-66(86)69(38-53)95-10)42-67(87)48(3)36-51(6)72(89)73(96-11)71(88)50(5)35-46/h12-16,19-22,26-30,32,36,39-40,43-44,46,48-50,52-53,59,63-64,66,68-69,72-73,86,89,94H,17-18,23-25,31,33-35,37-38,41-42H2,1-11H3/b14-12+,19-13+,47-20-,51-36+/t46-,48-,49?,50-,52-,53-,59+,63+,64+,66-,68+,69-,72-,73+,79-/m1/s1. The van der Waals surface area contributed by atoms with Gasteiger partial charge in [0.15, 0.2) is 5.78 Å². The second kappa shape index (κ2) is 31.0. The average Bonchev–Trinajstić information content (AvgIpc) is 1.57. The number of cyclic esters (lactones) is 1. The minimum Gasteiger partial charge on any atom is -0.460 e. The van der Waals surface area contributed by atoms with Crippen molar-refractivity contribution in [2.24, 2.45) is 35.5 Å². The van der Waals surface area contributed by atoms with E-state index in [0.717, 1.165) is 27.6 Å². The molecule has 2 bridgehead atoms. The number of imidazole rings is 1. The van der Waals surface area contributed by atoms with E-state index in [4.69, 9.17) is 28.9 Å².